The Labute approximate surface area is 293 Å². The van der Waals surface area contributed by atoms with Gasteiger partial charge in [-0.2, -0.15) is 8.42 Å². The number of carbonyl (C=O) groups is 4. The quantitative estimate of drug-likeness (QED) is 0.0724. The van der Waals surface area contributed by atoms with Gasteiger partial charge in [-0.1, -0.05) is 66.2 Å². The summed E-state index contributed by atoms with van der Waals surface area (Å²) in [5, 5.41) is 15.2. The summed E-state index contributed by atoms with van der Waals surface area (Å²) in [6.07, 6.45) is 5.25. The second-order valence-corrected chi connectivity index (χ2v) is 12.4. The molecule has 0 radical (unpaired) electrons. The van der Waals surface area contributed by atoms with Crippen LogP contribution >= 0.6 is 0 Å². The number of hydrogen-bond acceptors (Lipinski definition) is 13. The Bertz CT molecular complexity index is 1000. The summed E-state index contributed by atoms with van der Waals surface area (Å²) in [5.41, 5.74) is 0. The summed E-state index contributed by atoms with van der Waals surface area (Å²) in [6.45, 7) is 8.26. The van der Waals surface area contributed by atoms with Crippen LogP contribution in [0.4, 0.5) is 0 Å². The molecular formula is C24H41Na2O14S2-. The van der Waals surface area contributed by atoms with Crippen LogP contribution in [0, 0.1) is 11.8 Å². The molecule has 18 heteroatoms. The SMILES string of the molecule is CCCCC(CC)COC(=O)CC(C(=O)OCC(CC)CCCC)S(=O)(=O)[O-].O=C([O-])CC(C(=O)[O-])S(=O)(=O)O.[Na+].[Na+]. The minimum Gasteiger partial charge on any atom is -0.747 e. The molecule has 0 aliphatic rings. The van der Waals surface area contributed by atoms with Crippen LogP contribution in [0.5, 0.6) is 0 Å². The molecule has 0 fully saturated rings. The summed E-state index contributed by atoms with van der Waals surface area (Å²) in [6, 6.07) is 0. The van der Waals surface area contributed by atoms with Crippen LogP contribution in [0.25, 0.3) is 0 Å². The summed E-state index contributed by atoms with van der Waals surface area (Å²) in [5.74, 6) is -5.82. The third-order valence-electron chi connectivity index (χ3n) is 5.97. The van der Waals surface area contributed by atoms with Crippen molar-refractivity contribution in [3.63, 3.8) is 0 Å². The van der Waals surface area contributed by atoms with Crippen molar-refractivity contribution in [2.75, 3.05) is 13.2 Å². The van der Waals surface area contributed by atoms with Gasteiger partial charge in [0, 0.05) is 12.4 Å². The van der Waals surface area contributed by atoms with Gasteiger partial charge in [-0.3, -0.25) is 14.1 Å². The first kappa shape index (κ1) is 48.6. The number of esters is 2. The minimum atomic E-state index is -5.01. The Morgan fingerprint density at radius 1 is 0.738 bits per heavy atom. The van der Waals surface area contributed by atoms with E-state index in [4.69, 9.17) is 14.0 Å². The summed E-state index contributed by atoms with van der Waals surface area (Å²) in [7, 11) is -9.96. The largest absolute Gasteiger partial charge is 1.00 e. The molecule has 42 heavy (non-hydrogen) atoms. The molecule has 0 amide bonds. The van der Waals surface area contributed by atoms with Gasteiger partial charge in [0.05, 0.1) is 25.6 Å². The van der Waals surface area contributed by atoms with E-state index in [9.17, 15) is 50.8 Å². The second-order valence-electron chi connectivity index (χ2n) is 9.23. The van der Waals surface area contributed by atoms with Gasteiger partial charge in [-0.05, 0) is 24.7 Å². The Morgan fingerprint density at radius 2 is 1.17 bits per heavy atom. The zero-order valence-electron chi connectivity index (χ0n) is 25.4. The molecule has 0 aromatic heterocycles. The molecule has 0 aliphatic carbocycles. The van der Waals surface area contributed by atoms with Crippen LogP contribution in [0.3, 0.4) is 0 Å². The van der Waals surface area contributed by atoms with Crippen molar-refractivity contribution in [3.05, 3.63) is 0 Å². The van der Waals surface area contributed by atoms with Gasteiger partial charge in [0.2, 0.25) is 0 Å². The maximum atomic E-state index is 12.1. The fourth-order valence-corrected chi connectivity index (χ4v) is 4.51. The van der Waals surface area contributed by atoms with Crippen LogP contribution in [-0.4, -0.2) is 73.5 Å². The number of rotatable bonds is 20. The molecule has 1 N–H and O–H groups in total. The smallest absolute Gasteiger partial charge is 0.747 e. The number of ether oxygens (including phenoxy) is 2. The van der Waals surface area contributed by atoms with Crippen molar-refractivity contribution in [1.29, 1.82) is 0 Å². The molecule has 0 aromatic carbocycles. The first-order valence-electron chi connectivity index (χ1n) is 13.1. The fourth-order valence-electron chi connectivity index (χ4n) is 3.28. The molecule has 0 saturated heterocycles. The molecule has 0 aliphatic heterocycles. The summed E-state index contributed by atoms with van der Waals surface area (Å²) < 4.78 is 73.0. The van der Waals surface area contributed by atoms with E-state index in [-0.39, 0.29) is 84.2 Å². The van der Waals surface area contributed by atoms with Gasteiger partial charge in [0.15, 0.2) is 5.25 Å². The summed E-state index contributed by atoms with van der Waals surface area (Å²) in [4.78, 5) is 43.9. The Hall–Kier alpha value is -0.300. The molecule has 236 valence electrons. The van der Waals surface area contributed by atoms with E-state index in [1.54, 1.807) is 0 Å². The van der Waals surface area contributed by atoms with Crippen molar-refractivity contribution in [2.45, 2.75) is 102 Å². The van der Waals surface area contributed by atoms with Crippen LogP contribution in [0.15, 0.2) is 0 Å². The van der Waals surface area contributed by atoms with E-state index in [0.717, 1.165) is 51.4 Å². The van der Waals surface area contributed by atoms with Crippen LogP contribution in [0.1, 0.15) is 91.9 Å². The van der Waals surface area contributed by atoms with Crippen molar-refractivity contribution < 1.29 is 124 Å². The molecular weight excluding hydrogens is 622 g/mol. The normalized spacial score (nSPS) is 13.9. The van der Waals surface area contributed by atoms with Crippen molar-refractivity contribution in [3.8, 4) is 0 Å². The molecule has 4 unspecified atom stereocenters. The predicted octanol–water partition coefficient (Wildman–Crippen LogP) is -6.05. The zero-order chi connectivity index (χ0) is 31.5. The van der Waals surface area contributed by atoms with Crippen molar-refractivity contribution >= 4 is 44.1 Å². The predicted molar refractivity (Wildman–Crippen MR) is 137 cm³/mol. The Morgan fingerprint density at radius 3 is 1.45 bits per heavy atom. The molecule has 0 spiro atoms. The first-order chi connectivity index (χ1) is 18.4. The monoisotopic (exact) mass is 663 g/mol. The molecule has 4 atom stereocenters. The number of carboxylic acid groups (broad SMARTS) is 2. The molecule has 0 heterocycles. The van der Waals surface area contributed by atoms with Gasteiger partial charge < -0.3 is 33.8 Å². The van der Waals surface area contributed by atoms with E-state index in [1.165, 1.54) is 0 Å². The molecule has 0 saturated carbocycles. The number of carbonyl (C=O) groups excluding carboxylic acids is 4. The number of hydrogen-bond donors (Lipinski definition) is 1. The first-order valence-corrected chi connectivity index (χ1v) is 16.1. The van der Waals surface area contributed by atoms with E-state index in [1.807, 2.05) is 13.8 Å². The third-order valence-corrected chi connectivity index (χ3v) is 8.10. The minimum absolute atomic E-state index is 0. The third kappa shape index (κ3) is 24.1. The van der Waals surface area contributed by atoms with E-state index < -0.39 is 67.5 Å². The van der Waals surface area contributed by atoms with Gasteiger partial charge in [0.1, 0.15) is 15.4 Å². The van der Waals surface area contributed by atoms with Gasteiger partial charge in [0.25, 0.3) is 10.1 Å². The average Bonchev–Trinajstić information content (AvgIpc) is 2.84. The molecule has 0 bridgehead atoms. The van der Waals surface area contributed by atoms with Gasteiger partial charge in [-0.25, -0.2) is 8.42 Å². The van der Waals surface area contributed by atoms with Gasteiger partial charge in [-0.15, -0.1) is 0 Å². The zero-order valence-corrected chi connectivity index (χ0v) is 31.0. The standard InChI is InChI=1S/C20H38O7S.C4H6O7S.2Na/c1-5-9-11-16(7-3)14-26-19(21)13-18(28(23,24)25)20(22)27-15-17(8-4)12-10-6-2;5-3(6)1-2(4(7)8)12(9,10)11;;/h16-18H,5-15H2,1-4H3,(H,23,24,25);2H,1H2,(H,5,6)(H,7,8)(H,9,10,11);;/q;;2*+1/p-3. The molecule has 14 nitrogen and oxygen atoms in total. The second kappa shape index (κ2) is 26.0. The van der Waals surface area contributed by atoms with E-state index >= 15 is 0 Å². The Kier molecular flexibility index (Phi) is 30.1. The summed E-state index contributed by atoms with van der Waals surface area (Å²) >= 11 is 0. The van der Waals surface area contributed by atoms with Crippen molar-refractivity contribution in [1.82, 2.24) is 0 Å². The van der Waals surface area contributed by atoms with Crippen LogP contribution in [0.2, 0.25) is 0 Å². The molecule has 0 aromatic rings. The number of carboxylic acids is 2. The van der Waals surface area contributed by atoms with Gasteiger partial charge >= 0.3 is 71.1 Å². The maximum absolute atomic E-state index is 12.1. The number of unbranched alkanes of at least 4 members (excludes halogenated alkanes) is 2. The average molecular weight is 664 g/mol. The maximum Gasteiger partial charge on any atom is 1.00 e. The van der Waals surface area contributed by atoms with E-state index in [0.29, 0.717) is 0 Å². The fraction of sp³-hybridized carbons (Fsp3) is 0.833. The van der Waals surface area contributed by atoms with Crippen molar-refractivity contribution in [2.24, 2.45) is 11.8 Å². The number of aliphatic carboxylic acids is 2. The van der Waals surface area contributed by atoms with Crippen LogP contribution in [-0.2, 0) is 48.9 Å². The van der Waals surface area contributed by atoms with E-state index in [2.05, 4.69) is 13.8 Å². The Balaban J connectivity index is -0.000000436. The molecule has 0 rings (SSSR count). The topological polar surface area (TPSA) is 244 Å². The van der Waals surface area contributed by atoms with Crippen LogP contribution < -0.4 is 69.3 Å².